The number of carboxylic acid groups (broad SMARTS) is 1. The van der Waals surface area contributed by atoms with E-state index in [-0.39, 0.29) is 17.0 Å². The number of H-pyrrole nitrogens is 1. The number of rotatable bonds is 2. The molecule has 7 heteroatoms. The maximum atomic E-state index is 12.0. The Morgan fingerprint density at radius 2 is 2.39 bits per heavy atom. The zero-order valence-electron chi connectivity index (χ0n) is 9.38. The van der Waals surface area contributed by atoms with E-state index in [2.05, 4.69) is 10.2 Å². The lowest BCUT2D eigenvalue weighted by Crippen LogP contribution is -2.51. The second kappa shape index (κ2) is 3.74. The molecule has 0 spiro atoms. The van der Waals surface area contributed by atoms with Gasteiger partial charge < -0.3 is 5.11 Å². The van der Waals surface area contributed by atoms with Gasteiger partial charge in [-0.25, -0.2) is 4.79 Å². The molecular weight excluding hydrogens is 254 g/mol. The lowest BCUT2D eigenvalue weighted by molar-refractivity contribution is -0.141. The topological polar surface area (TPSA) is 86.3 Å². The fourth-order valence-electron chi connectivity index (χ4n) is 2.06. The molecule has 1 atom stereocenters. The van der Waals surface area contributed by atoms with E-state index < -0.39 is 5.97 Å². The van der Waals surface area contributed by atoms with Crippen LogP contribution in [0.25, 0.3) is 5.57 Å². The van der Waals surface area contributed by atoms with Crippen molar-refractivity contribution in [3.63, 3.8) is 0 Å². The number of aromatic nitrogens is 2. The van der Waals surface area contributed by atoms with Crippen molar-refractivity contribution in [3.8, 4) is 0 Å². The summed E-state index contributed by atoms with van der Waals surface area (Å²) in [5.74, 6) is -1.33. The number of β-lactam (4-membered cyclic amide) rings is 1. The van der Waals surface area contributed by atoms with E-state index in [1.54, 1.807) is 12.3 Å². The fourth-order valence-corrected chi connectivity index (χ4v) is 3.28. The first-order valence-electron chi connectivity index (χ1n) is 5.24. The van der Waals surface area contributed by atoms with Crippen molar-refractivity contribution in [2.24, 2.45) is 0 Å². The van der Waals surface area contributed by atoms with Crippen LogP contribution >= 0.6 is 11.8 Å². The molecule has 2 aliphatic heterocycles. The summed E-state index contributed by atoms with van der Waals surface area (Å²) in [6.45, 7) is 1.82. The zero-order valence-corrected chi connectivity index (χ0v) is 10.2. The zero-order chi connectivity index (χ0) is 12.9. The lowest BCUT2D eigenvalue weighted by Gasteiger charge is -2.38. The number of hydrogen-bond acceptors (Lipinski definition) is 4. The normalized spacial score (nSPS) is 24.5. The van der Waals surface area contributed by atoms with Crippen LogP contribution in [-0.2, 0) is 9.59 Å². The Balaban J connectivity index is 1.95. The maximum absolute atomic E-state index is 12.0. The van der Waals surface area contributed by atoms with E-state index in [9.17, 15) is 9.59 Å². The van der Waals surface area contributed by atoms with Gasteiger partial charge in [0, 0.05) is 11.6 Å². The van der Waals surface area contributed by atoms with Gasteiger partial charge in [0.25, 0.3) is 5.91 Å². The van der Waals surface area contributed by atoms with Gasteiger partial charge in [0.1, 0.15) is 11.1 Å². The molecule has 1 amide bonds. The van der Waals surface area contributed by atoms with Crippen LogP contribution in [0.1, 0.15) is 12.6 Å². The first-order valence-corrected chi connectivity index (χ1v) is 6.19. The minimum atomic E-state index is -1.07. The molecule has 1 saturated heterocycles. The number of carbonyl (C=O) groups is 2. The average Bonchev–Trinajstić information content (AvgIpc) is 2.95. The van der Waals surface area contributed by atoms with E-state index in [1.807, 2.05) is 6.92 Å². The molecule has 2 N–H and O–H groups in total. The summed E-state index contributed by atoms with van der Waals surface area (Å²) >= 11 is 1.33. The molecule has 0 aliphatic carbocycles. The van der Waals surface area contributed by atoms with E-state index in [4.69, 9.17) is 5.11 Å². The number of amides is 1. The van der Waals surface area contributed by atoms with E-state index in [1.165, 1.54) is 22.1 Å². The molecule has 1 aromatic heterocycles. The summed E-state index contributed by atoms with van der Waals surface area (Å²) in [7, 11) is 0. The van der Waals surface area contributed by atoms with Gasteiger partial charge in [-0.3, -0.25) is 14.8 Å². The average molecular weight is 263 g/mol. The molecule has 0 bridgehead atoms. The Labute approximate surface area is 106 Å². The van der Waals surface area contributed by atoms with Crippen LogP contribution in [0, 0.1) is 0 Å². The lowest BCUT2D eigenvalue weighted by atomic mass is 9.97. The van der Waals surface area contributed by atoms with Gasteiger partial charge in [-0.15, -0.1) is 11.8 Å². The molecule has 1 fully saturated rings. The van der Waals surface area contributed by atoms with Crippen molar-refractivity contribution in [2.75, 3.05) is 0 Å². The molecule has 2 aliphatic rings. The van der Waals surface area contributed by atoms with Crippen molar-refractivity contribution >= 4 is 29.2 Å². The van der Waals surface area contributed by atoms with Crippen molar-refractivity contribution in [3.05, 3.63) is 34.6 Å². The van der Waals surface area contributed by atoms with Crippen LogP contribution in [0.3, 0.4) is 0 Å². The molecular formula is C11H9N3O3S. The Kier molecular flexibility index (Phi) is 2.30. The molecule has 18 heavy (non-hydrogen) atoms. The number of allylic oxidation sites excluding steroid dienone is 1. The number of hydrogen-bond donors (Lipinski definition) is 2. The van der Waals surface area contributed by atoms with E-state index in [0.29, 0.717) is 11.3 Å². The summed E-state index contributed by atoms with van der Waals surface area (Å²) in [6.07, 6.45) is 1.68. The van der Waals surface area contributed by atoms with Crippen molar-refractivity contribution < 1.29 is 14.7 Å². The third-order valence-corrected chi connectivity index (χ3v) is 4.07. The number of fused-ring (bicyclic) bond motifs is 1. The Hall–Kier alpha value is -2.02. The monoisotopic (exact) mass is 263 g/mol. The molecule has 0 aromatic carbocycles. The minimum absolute atomic E-state index is 0.0496. The molecule has 1 aromatic rings. The molecule has 6 nitrogen and oxygen atoms in total. The Morgan fingerprint density at radius 3 is 3.00 bits per heavy atom. The number of carbonyl (C=O) groups excluding carboxylic acids is 1. The highest BCUT2D eigenvalue weighted by Crippen LogP contribution is 2.46. The Bertz CT molecular complexity index is 603. The van der Waals surface area contributed by atoms with Crippen LogP contribution in [-0.4, -0.2) is 37.5 Å². The molecule has 3 heterocycles. The SMILES string of the molecule is C/C(=C1\C(=O)N2C(C(=O)O)=CS[C@H]12)c1cc[nH]n1. The van der Waals surface area contributed by atoms with Crippen LogP contribution in [0.4, 0.5) is 0 Å². The van der Waals surface area contributed by atoms with Crippen LogP contribution in [0.5, 0.6) is 0 Å². The third-order valence-electron chi connectivity index (χ3n) is 3.01. The summed E-state index contributed by atoms with van der Waals surface area (Å²) in [6, 6.07) is 1.78. The third kappa shape index (κ3) is 1.34. The predicted octanol–water partition coefficient (Wildman–Crippen LogP) is 1.02. The fraction of sp³-hybridized carbons (Fsp3) is 0.182. The van der Waals surface area contributed by atoms with E-state index >= 15 is 0 Å². The maximum Gasteiger partial charge on any atom is 0.353 e. The largest absolute Gasteiger partial charge is 0.477 e. The predicted molar refractivity (Wildman–Crippen MR) is 65.1 cm³/mol. The summed E-state index contributed by atoms with van der Waals surface area (Å²) in [4.78, 5) is 24.2. The number of carboxylic acids is 1. The van der Waals surface area contributed by atoms with Gasteiger partial charge in [0.2, 0.25) is 0 Å². The van der Waals surface area contributed by atoms with Gasteiger partial charge in [0.05, 0.1) is 11.3 Å². The van der Waals surface area contributed by atoms with Crippen LogP contribution in [0.15, 0.2) is 28.9 Å². The van der Waals surface area contributed by atoms with Crippen molar-refractivity contribution in [2.45, 2.75) is 12.3 Å². The highest BCUT2D eigenvalue weighted by Gasteiger charge is 2.50. The molecule has 0 saturated carbocycles. The second-order valence-corrected chi connectivity index (χ2v) is 4.92. The summed E-state index contributed by atoms with van der Waals surface area (Å²) in [5, 5.41) is 17.0. The van der Waals surface area contributed by atoms with Gasteiger partial charge in [-0.05, 0) is 18.6 Å². The number of aromatic amines is 1. The number of nitrogens with one attached hydrogen (secondary N) is 1. The molecule has 0 unspecified atom stereocenters. The first-order chi connectivity index (χ1) is 8.61. The van der Waals surface area contributed by atoms with Gasteiger partial charge >= 0.3 is 5.97 Å². The first kappa shape index (κ1) is 11.1. The van der Waals surface area contributed by atoms with Crippen LogP contribution in [0.2, 0.25) is 0 Å². The van der Waals surface area contributed by atoms with Crippen LogP contribution < -0.4 is 0 Å². The van der Waals surface area contributed by atoms with Gasteiger partial charge in [-0.1, -0.05) is 0 Å². The number of aliphatic carboxylic acids is 1. The highest BCUT2D eigenvalue weighted by molar-refractivity contribution is 8.03. The second-order valence-electron chi connectivity index (χ2n) is 3.97. The van der Waals surface area contributed by atoms with Gasteiger partial charge in [0.15, 0.2) is 0 Å². The number of nitrogens with zero attached hydrogens (tertiary/aromatic N) is 2. The standard InChI is InChI=1S/C11H9N3O3S/c1-5(6-2-3-12-13-6)8-9(15)14-7(11(16)17)4-18-10(8)14/h2-4,10H,1H3,(H,12,13)(H,16,17)/b8-5-/t10-/m1/s1. The summed E-state index contributed by atoms with van der Waals surface area (Å²) in [5.41, 5.74) is 2.17. The van der Waals surface area contributed by atoms with Crippen molar-refractivity contribution in [1.82, 2.24) is 15.1 Å². The minimum Gasteiger partial charge on any atom is -0.477 e. The van der Waals surface area contributed by atoms with Gasteiger partial charge in [-0.2, -0.15) is 5.10 Å². The van der Waals surface area contributed by atoms with Crippen molar-refractivity contribution in [1.29, 1.82) is 0 Å². The van der Waals surface area contributed by atoms with E-state index in [0.717, 1.165) is 5.57 Å². The molecule has 92 valence electrons. The molecule has 0 radical (unpaired) electrons. The Morgan fingerprint density at radius 1 is 1.61 bits per heavy atom. The molecule has 3 rings (SSSR count). The number of thioether (sulfide) groups is 1. The highest BCUT2D eigenvalue weighted by atomic mass is 32.2. The quantitative estimate of drug-likeness (QED) is 0.614. The summed E-state index contributed by atoms with van der Waals surface area (Å²) < 4.78 is 0. The smallest absolute Gasteiger partial charge is 0.353 e.